The highest BCUT2D eigenvalue weighted by molar-refractivity contribution is 5.68. The molecule has 120 valence electrons. The van der Waals surface area contributed by atoms with E-state index < -0.39 is 11.4 Å². The van der Waals surface area contributed by atoms with Crippen LogP contribution in [0.25, 0.3) is 0 Å². The molecule has 0 spiro atoms. The zero-order valence-corrected chi connectivity index (χ0v) is 13.8. The van der Waals surface area contributed by atoms with Crippen LogP contribution in [0.4, 0.5) is 4.79 Å². The highest BCUT2D eigenvalue weighted by atomic mass is 16.7. The lowest BCUT2D eigenvalue weighted by molar-refractivity contribution is -0.138. The molecule has 2 aliphatic heterocycles. The summed E-state index contributed by atoms with van der Waals surface area (Å²) in [7, 11) is 0. The second kappa shape index (κ2) is 5.97. The Morgan fingerprint density at radius 3 is 2.67 bits per heavy atom. The molecule has 0 saturated carbocycles. The summed E-state index contributed by atoms with van der Waals surface area (Å²) in [5.41, 5.74) is 0.892. The van der Waals surface area contributed by atoms with Gasteiger partial charge in [0.25, 0.3) is 0 Å². The molecule has 1 amide bonds. The number of nitrogens with zero attached hydrogens (tertiary/aromatic N) is 1. The summed E-state index contributed by atoms with van der Waals surface area (Å²) in [4.78, 5) is 13.7. The van der Waals surface area contributed by atoms with E-state index in [1.165, 1.54) is 5.57 Å². The Labute approximate surface area is 127 Å². The van der Waals surface area contributed by atoms with Crippen LogP contribution < -0.4 is 0 Å². The molecule has 1 atom stereocenters. The SMILES string of the molecule is CC(C)(C)OC(=O)N1CC=C(C[C@@H]2COC(C)(C)O2)CC1. The van der Waals surface area contributed by atoms with Crippen LogP contribution in [0, 0.1) is 0 Å². The first-order valence-corrected chi connectivity index (χ1v) is 7.62. The van der Waals surface area contributed by atoms with Crippen LogP contribution >= 0.6 is 0 Å². The van der Waals surface area contributed by atoms with Gasteiger partial charge < -0.3 is 19.1 Å². The van der Waals surface area contributed by atoms with E-state index in [0.29, 0.717) is 19.7 Å². The van der Waals surface area contributed by atoms with Crippen molar-refractivity contribution in [2.24, 2.45) is 0 Å². The van der Waals surface area contributed by atoms with E-state index in [2.05, 4.69) is 6.08 Å². The molecule has 21 heavy (non-hydrogen) atoms. The van der Waals surface area contributed by atoms with E-state index in [4.69, 9.17) is 14.2 Å². The molecule has 1 saturated heterocycles. The third-order valence-corrected chi connectivity index (χ3v) is 3.51. The summed E-state index contributed by atoms with van der Waals surface area (Å²) < 4.78 is 16.8. The van der Waals surface area contributed by atoms with Gasteiger partial charge in [-0.2, -0.15) is 0 Å². The number of carbonyl (C=O) groups is 1. The zero-order valence-electron chi connectivity index (χ0n) is 13.8. The van der Waals surface area contributed by atoms with Crippen molar-refractivity contribution in [1.82, 2.24) is 4.90 Å². The van der Waals surface area contributed by atoms with Gasteiger partial charge in [-0.15, -0.1) is 0 Å². The van der Waals surface area contributed by atoms with Crippen LogP contribution in [0.15, 0.2) is 11.6 Å². The molecule has 5 heteroatoms. The van der Waals surface area contributed by atoms with Crippen molar-refractivity contribution >= 4 is 6.09 Å². The minimum Gasteiger partial charge on any atom is -0.444 e. The van der Waals surface area contributed by atoms with Crippen molar-refractivity contribution in [3.05, 3.63) is 11.6 Å². The predicted molar refractivity (Wildman–Crippen MR) is 80.0 cm³/mol. The molecule has 0 aromatic rings. The molecule has 1 fully saturated rings. The summed E-state index contributed by atoms with van der Waals surface area (Å²) in [5.74, 6) is -0.470. The predicted octanol–water partition coefficient (Wildman–Crippen LogP) is 3.10. The van der Waals surface area contributed by atoms with Gasteiger partial charge >= 0.3 is 6.09 Å². The summed E-state index contributed by atoms with van der Waals surface area (Å²) in [5, 5.41) is 0. The van der Waals surface area contributed by atoms with Crippen LogP contribution in [-0.2, 0) is 14.2 Å². The molecule has 0 unspecified atom stereocenters. The fourth-order valence-electron chi connectivity index (χ4n) is 2.54. The third kappa shape index (κ3) is 5.00. The maximum Gasteiger partial charge on any atom is 0.410 e. The number of carbonyl (C=O) groups excluding carboxylic acids is 1. The van der Waals surface area contributed by atoms with Gasteiger partial charge in [-0.1, -0.05) is 11.6 Å². The number of hydrogen-bond acceptors (Lipinski definition) is 4. The largest absolute Gasteiger partial charge is 0.444 e. The summed E-state index contributed by atoms with van der Waals surface area (Å²) in [6, 6.07) is 0. The number of rotatable bonds is 2. The Hall–Kier alpha value is -1.07. The molecular formula is C16H27NO4. The Bertz CT molecular complexity index is 422. The normalized spacial score (nSPS) is 25.7. The Kier molecular flexibility index (Phi) is 4.63. The van der Waals surface area contributed by atoms with Crippen LogP contribution in [0.3, 0.4) is 0 Å². The zero-order chi connectivity index (χ0) is 15.7. The van der Waals surface area contributed by atoms with Crippen LogP contribution in [0.5, 0.6) is 0 Å². The second-order valence-corrected chi connectivity index (χ2v) is 7.19. The first-order valence-electron chi connectivity index (χ1n) is 7.62. The maximum absolute atomic E-state index is 12.0. The van der Waals surface area contributed by atoms with Gasteiger partial charge in [0.15, 0.2) is 5.79 Å². The smallest absolute Gasteiger partial charge is 0.410 e. The monoisotopic (exact) mass is 297 g/mol. The van der Waals surface area contributed by atoms with Gasteiger partial charge in [0, 0.05) is 13.1 Å². The minimum absolute atomic E-state index is 0.124. The number of ether oxygens (including phenoxy) is 3. The van der Waals surface area contributed by atoms with Gasteiger partial charge in [0.2, 0.25) is 0 Å². The summed E-state index contributed by atoms with van der Waals surface area (Å²) >= 11 is 0. The first-order chi connectivity index (χ1) is 9.65. The van der Waals surface area contributed by atoms with Crippen molar-refractivity contribution in [3.8, 4) is 0 Å². The highest BCUT2D eigenvalue weighted by Crippen LogP contribution is 2.28. The van der Waals surface area contributed by atoms with Crippen LogP contribution in [0.1, 0.15) is 47.5 Å². The Morgan fingerprint density at radius 2 is 2.19 bits per heavy atom. The van der Waals surface area contributed by atoms with Gasteiger partial charge in [0.05, 0.1) is 12.7 Å². The lowest BCUT2D eigenvalue weighted by atomic mass is 10.0. The Balaban J connectivity index is 1.81. The fourth-order valence-corrected chi connectivity index (χ4v) is 2.54. The van der Waals surface area contributed by atoms with Crippen molar-refractivity contribution in [2.75, 3.05) is 19.7 Å². The molecule has 5 nitrogen and oxygen atoms in total. The van der Waals surface area contributed by atoms with Crippen LogP contribution in [0.2, 0.25) is 0 Å². The van der Waals surface area contributed by atoms with Crippen molar-refractivity contribution < 1.29 is 19.0 Å². The summed E-state index contributed by atoms with van der Waals surface area (Å²) in [6.45, 7) is 11.5. The van der Waals surface area contributed by atoms with E-state index in [1.54, 1.807) is 4.90 Å². The first kappa shape index (κ1) is 16.3. The van der Waals surface area contributed by atoms with Gasteiger partial charge in [-0.05, 0) is 47.5 Å². The molecule has 2 heterocycles. The fraction of sp³-hybridized carbons (Fsp3) is 0.812. The lowest BCUT2D eigenvalue weighted by Crippen LogP contribution is -2.39. The Morgan fingerprint density at radius 1 is 1.48 bits per heavy atom. The van der Waals surface area contributed by atoms with E-state index in [1.807, 2.05) is 34.6 Å². The highest BCUT2D eigenvalue weighted by Gasteiger charge is 2.33. The molecular weight excluding hydrogens is 270 g/mol. The minimum atomic E-state index is -0.470. The van der Waals surface area contributed by atoms with E-state index in [0.717, 1.165) is 12.8 Å². The van der Waals surface area contributed by atoms with Crippen molar-refractivity contribution in [1.29, 1.82) is 0 Å². The summed E-state index contributed by atoms with van der Waals surface area (Å²) in [6.07, 6.45) is 3.76. The lowest BCUT2D eigenvalue weighted by Gasteiger charge is -2.30. The van der Waals surface area contributed by atoms with Crippen molar-refractivity contribution in [3.63, 3.8) is 0 Å². The molecule has 0 radical (unpaired) electrons. The maximum atomic E-state index is 12.0. The molecule has 0 bridgehead atoms. The molecule has 2 aliphatic rings. The number of amides is 1. The topological polar surface area (TPSA) is 48.0 Å². The quantitative estimate of drug-likeness (QED) is 0.735. The standard InChI is InChI=1S/C16H27NO4/c1-15(2,3)21-14(18)17-8-6-12(7-9-17)10-13-11-19-16(4,5)20-13/h6,13H,7-11H2,1-5H3/t13-/m1/s1. The van der Waals surface area contributed by atoms with E-state index in [-0.39, 0.29) is 12.2 Å². The third-order valence-electron chi connectivity index (χ3n) is 3.51. The van der Waals surface area contributed by atoms with Gasteiger partial charge in [-0.3, -0.25) is 0 Å². The van der Waals surface area contributed by atoms with Crippen molar-refractivity contribution in [2.45, 2.75) is 65.0 Å². The van der Waals surface area contributed by atoms with E-state index in [9.17, 15) is 4.79 Å². The molecule has 0 aliphatic carbocycles. The number of hydrogen-bond donors (Lipinski definition) is 0. The van der Waals surface area contributed by atoms with Gasteiger partial charge in [-0.25, -0.2) is 4.79 Å². The van der Waals surface area contributed by atoms with Crippen LogP contribution in [-0.4, -0.2) is 48.2 Å². The molecule has 2 rings (SSSR count). The molecule has 0 N–H and O–H groups in total. The van der Waals surface area contributed by atoms with E-state index >= 15 is 0 Å². The average Bonchev–Trinajstić information content (AvgIpc) is 2.67. The average molecular weight is 297 g/mol. The second-order valence-electron chi connectivity index (χ2n) is 7.19. The van der Waals surface area contributed by atoms with Gasteiger partial charge in [0.1, 0.15) is 5.60 Å². The molecule has 0 aromatic heterocycles. The molecule has 0 aromatic carbocycles.